The number of aryl methyl sites for hydroxylation is 2. The smallest absolute Gasteiger partial charge is 0.133 e. The molecule has 124 valence electrons. The van der Waals surface area contributed by atoms with Gasteiger partial charge in [0, 0.05) is 19.2 Å². The molecule has 4 heteroatoms. The van der Waals surface area contributed by atoms with Crippen molar-refractivity contribution in [1.82, 2.24) is 10.5 Å². The van der Waals surface area contributed by atoms with Gasteiger partial charge in [-0.2, -0.15) is 0 Å². The van der Waals surface area contributed by atoms with E-state index in [4.69, 9.17) is 9.26 Å². The Bertz CT molecular complexity index is 761. The lowest BCUT2D eigenvalue weighted by molar-refractivity contribution is 0.306. The van der Waals surface area contributed by atoms with Crippen LogP contribution < -0.4 is 10.1 Å². The summed E-state index contributed by atoms with van der Waals surface area (Å²) in [5, 5.41) is 7.31. The van der Waals surface area contributed by atoms with Crippen LogP contribution in [0, 0.1) is 13.8 Å². The third kappa shape index (κ3) is 4.70. The Labute approximate surface area is 142 Å². The van der Waals surface area contributed by atoms with Gasteiger partial charge >= 0.3 is 0 Å². The fourth-order valence-corrected chi connectivity index (χ4v) is 2.39. The lowest BCUT2D eigenvalue weighted by atomic mass is 10.2. The summed E-state index contributed by atoms with van der Waals surface area (Å²) < 4.78 is 10.9. The van der Waals surface area contributed by atoms with Gasteiger partial charge in [0.25, 0.3) is 0 Å². The van der Waals surface area contributed by atoms with E-state index in [2.05, 4.69) is 53.8 Å². The van der Waals surface area contributed by atoms with E-state index in [0.717, 1.165) is 23.7 Å². The molecule has 0 saturated carbocycles. The minimum Gasteiger partial charge on any atom is -0.489 e. The Hall–Kier alpha value is -2.59. The fraction of sp³-hybridized carbons (Fsp3) is 0.250. The Morgan fingerprint density at radius 3 is 2.29 bits per heavy atom. The van der Waals surface area contributed by atoms with Crippen molar-refractivity contribution >= 4 is 0 Å². The minimum absolute atomic E-state index is 0.587. The summed E-state index contributed by atoms with van der Waals surface area (Å²) in [5.74, 6) is 1.72. The molecular formula is C20H22N2O2. The molecule has 0 saturated heterocycles. The largest absolute Gasteiger partial charge is 0.489 e. The molecule has 0 aliphatic heterocycles. The molecule has 1 heterocycles. The Kier molecular flexibility index (Phi) is 5.29. The molecule has 2 aromatic carbocycles. The van der Waals surface area contributed by atoms with E-state index in [1.54, 1.807) is 0 Å². The first-order chi connectivity index (χ1) is 11.7. The van der Waals surface area contributed by atoms with Crippen molar-refractivity contribution in [2.24, 2.45) is 0 Å². The van der Waals surface area contributed by atoms with E-state index < -0.39 is 0 Å². The topological polar surface area (TPSA) is 47.3 Å². The summed E-state index contributed by atoms with van der Waals surface area (Å²) in [4.78, 5) is 0. The fourth-order valence-electron chi connectivity index (χ4n) is 2.39. The zero-order chi connectivity index (χ0) is 16.8. The summed E-state index contributed by atoms with van der Waals surface area (Å²) in [6.45, 7) is 6.05. The summed E-state index contributed by atoms with van der Waals surface area (Å²) in [7, 11) is 0. The Morgan fingerprint density at radius 1 is 0.917 bits per heavy atom. The molecule has 0 bridgehead atoms. The van der Waals surface area contributed by atoms with Crippen molar-refractivity contribution in [3.8, 4) is 5.75 Å². The van der Waals surface area contributed by atoms with Crippen LogP contribution >= 0.6 is 0 Å². The van der Waals surface area contributed by atoms with E-state index in [0.29, 0.717) is 13.2 Å². The summed E-state index contributed by atoms with van der Waals surface area (Å²) in [6.07, 6.45) is 0. The lowest BCUT2D eigenvalue weighted by Gasteiger charge is -2.08. The number of aromatic nitrogens is 1. The van der Waals surface area contributed by atoms with E-state index >= 15 is 0 Å². The first kappa shape index (κ1) is 16.3. The molecule has 3 rings (SSSR count). The molecule has 0 amide bonds. The van der Waals surface area contributed by atoms with Gasteiger partial charge in [0.2, 0.25) is 0 Å². The molecule has 24 heavy (non-hydrogen) atoms. The van der Waals surface area contributed by atoms with Crippen LogP contribution in [0.2, 0.25) is 0 Å². The zero-order valence-electron chi connectivity index (χ0n) is 14.1. The van der Waals surface area contributed by atoms with Crippen LogP contribution in [-0.2, 0) is 19.7 Å². The Balaban J connectivity index is 1.45. The van der Waals surface area contributed by atoms with E-state index in [1.807, 2.05) is 25.1 Å². The number of nitrogens with one attached hydrogen (secondary N) is 1. The van der Waals surface area contributed by atoms with Gasteiger partial charge in [0.1, 0.15) is 18.1 Å². The van der Waals surface area contributed by atoms with Crippen LogP contribution in [-0.4, -0.2) is 5.16 Å². The highest BCUT2D eigenvalue weighted by Gasteiger charge is 2.01. The minimum atomic E-state index is 0.587. The van der Waals surface area contributed by atoms with Gasteiger partial charge in [-0.1, -0.05) is 47.1 Å². The molecule has 0 spiro atoms. The summed E-state index contributed by atoms with van der Waals surface area (Å²) in [6, 6.07) is 18.5. The Morgan fingerprint density at radius 2 is 1.62 bits per heavy atom. The first-order valence-electron chi connectivity index (χ1n) is 8.09. The summed E-state index contributed by atoms with van der Waals surface area (Å²) in [5.41, 5.74) is 4.56. The molecule has 3 aromatic rings. The van der Waals surface area contributed by atoms with Gasteiger partial charge in [-0.3, -0.25) is 0 Å². The predicted octanol–water partition coefficient (Wildman–Crippen LogP) is 4.16. The highest BCUT2D eigenvalue weighted by Crippen LogP contribution is 2.15. The van der Waals surface area contributed by atoms with Gasteiger partial charge in [-0.05, 0) is 37.1 Å². The van der Waals surface area contributed by atoms with E-state index in [9.17, 15) is 0 Å². The highest BCUT2D eigenvalue weighted by atomic mass is 16.5. The standard InChI is InChI=1S/C20H22N2O2/c1-15-3-5-18(6-4-15)14-23-20-9-7-17(8-10-20)12-21-13-19-11-16(2)24-22-19/h3-11,21H,12-14H2,1-2H3. The monoisotopic (exact) mass is 322 g/mol. The molecule has 0 aliphatic rings. The first-order valence-corrected chi connectivity index (χ1v) is 8.09. The number of hydrogen-bond donors (Lipinski definition) is 1. The van der Waals surface area contributed by atoms with Crippen LogP contribution in [0.4, 0.5) is 0 Å². The maximum absolute atomic E-state index is 5.82. The van der Waals surface area contributed by atoms with Gasteiger partial charge < -0.3 is 14.6 Å². The third-order valence-corrected chi connectivity index (χ3v) is 3.76. The van der Waals surface area contributed by atoms with Gasteiger partial charge in [0.15, 0.2) is 0 Å². The second-order valence-corrected chi connectivity index (χ2v) is 5.95. The van der Waals surface area contributed by atoms with Crippen LogP contribution in [0.3, 0.4) is 0 Å². The SMILES string of the molecule is Cc1ccc(COc2ccc(CNCc3cc(C)on3)cc2)cc1. The van der Waals surface area contributed by atoms with Crippen LogP contribution in [0.15, 0.2) is 59.1 Å². The molecule has 1 aromatic heterocycles. The number of ether oxygens (including phenoxy) is 1. The van der Waals surface area contributed by atoms with Crippen LogP contribution in [0.25, 0.3) is 0 Å². The third-order valence-electron chi connectivity index (χ3n) is 3.76. The highest BCUT2D eigenvalue weighted by molar-refractivity contribution is 5.28. The van der Waals surface area contributed by atoms with Crippen molar-refractivity contribution in [2.45, 2.75) is 33.5 Å². The number of rotatable bonds is 7. The van der Waals surface area contributed by atoms with E-state index in [-0.39, 0.29) is 0 Å². The number of hydrogen-bond acceptors (Lipinski definition) is 4. The molecule has 4 nitrogen and oxygen atoms in total. The number of benzene rings is 2. The zero-order valence-corrected chi connectivity index (χ0v) is 14.1. The normalized spacial score (nSPS) is 10.8. The second-order valence-electron chi connectivity index (χ2n) is 5.95. The van der Waals surface area contributed by atoms with Crippen molar-refractivity contribution in [3.63, 3.8) is 0 Å². The molecule has 0 radical (unpaired) electrons. The van der Waals surface area contributed by atoms with Gasteiger partial charge in [0.05, 0.1) is 5.69 Å². The van der Waals surface area contributed by atoms with Gasteiger partial charge in [-0.25, -0.2) is 0 Å². The van der Waals surface area contributed by atoms with Crippen molar-refractivity contribution in [2.75, 3.05) is 0 Å². The quantitative estimate of drug-likeness (QED) is 0.709. The molecule has 1 N–H and O–H groups in total. The maximum Gasteiger partial charge on any atom is 0.133 e. The average molecular weight is 322 g/mol. The van der Waals surface area contributed by atoms with Crippen molar-refractivity contribution in [1.29, 1.82) is 0 Å². The molecular weight excluding hydrogens is 300 g/mol. The number of nitrogens with zero attached hydrogens (tertiary/aromatic N) is 1. The van der Waals surface area contributed by atoms with Crippen molar-refractivity contribution in [3.05, 3.63) is 82.7 Å². The average Bonchev–Trinajstić information content (AvgIpc) is 3.01. The predicted molar refractivity (Wildman–Crippen MR) is 93.7 cm³/mol. The van der Waals surface area contributed by atoms with E-state index in [1.165, 1.54) is 16.7 Å². The van der Waals surface area contributed by atoms with Crippen molar-refractivity contribution < 1.29 is 9.26 Å². The second kappa shape index (κ2) is 7.79. The van der Waals surface area contributed by atoms with Crippen LogP contribution in [0.5, 0.6) is 5.75 Å². The van der Waals surface area contributed by atoms with Gasteiger partial charge in [-0.15, -0.1) is 0 Å². The molecule has 0 atom stereocenters. The van der Waals surface area contributed by atoms with Crippen LogP contribution in [0.1, 0.15) is 28.1 Å². The maximum atomic E-state index is 5.82. The molecule has 0 fully saturated rings. The molecule has 0 unspecified atom stereocenters. The lowest BCUT2D eigenvalue weighted by Crippen LogP contribution is -2.12. The summed E-state index contributed by atoms with van der Waals surface area (Å²) >= 11 is 0. The molecule has 0 aliphatic carbocycles.